The first-order valence-electron chi connectivity index (χ1n) is 10.8. The van der Waals surface area contributed by atoms with Crippen molar-refractivity contribution in [2.24, 2.45) is 0 Å². The molecular weight excluding hydrogens is 438 g/mol. The van der Waals surface area contributed by atoms with Crippen LogP contribution in [0.15, 0.2) is 60.0 Å². The Morgan fingerprint density at radius 3 is 2.45 bits per heavy atom. The van der Waals surface area contributed by atoms with Crippen molar-refractivity contribution in [1.29, 1.82) is 0 Å². The number of carbonyl (C=O) groups excluding carboxylic acids is 2. The average Bonchev–Trinajstić information content (AvgIpc) is 3.52. The van der Waals surface area contributed by atoms with E-state index < -0.39 is 0 Å². The number of ether oxygens (including phenoxy) is 2. The number of hydrogen-bond acceptors (Lipinski definition) is 6. The quantitative estimate of drug-likeness (QED) is 0.500. The monoisotopic (exact) mass is 465 g/mol. The van der Waals surface area contributed by atoms with E-state index in [4.69, 9.17) is 9.47 Å². The molecule has 1 unspecified atom stereocenters. The van der Waals surface area contributed by atoms with Crippen molar-refractivity contribution in [2.45, 2.75) is 18.9 Å². The minimum Gasteiger partial charge on any atom is -0.497 e. The molecule has 8 heteroatoms. The molecule has 7 nitrogen and oxygen atoms in total. The highest BCUT2D eigenvalue weighted by Crippen LogP contribution is 2.38. The van der Waals surface area contributed by atoms with Crippen molar-refractivity contribution in [2.75, 3.05) is 37.9 Å². The molecular formula is C25H27N3O4S. The number of methoxy groups -OCH3 is 2. The van der Waals surface area contributed by atoms with Crippen LogP contribution in [0.1, 0.15) is 34.1 Å². The minimum absolute atomic E-state index is 0.0789. The van der Waals surface area contributed by atoms with Crippen LogP contribution in [0.5, 0.6) is 11.5 Å². The summed E-state index contributed by atoms with van der Waals surface area (Å²) in [5.41, 5.74) is 2.43. The molecule has 172 valence electrons. The predicted octanol–water partition coefficient (Wildman–Crippen LogP) is 4.79. The minimum atomic E-state index is -0.143. The summed E-state index contributed by atoms with van der Waals surface area (Å²) in [6.07, 6.45) is 1.99. The number of benzene rings is 2. The van der Waals surface area contributed by atoms with Crippen LogP contribution in [0.25, 0.3) is 0 Å². The number of nitrogens with zero attached hydrogens (tertiary/aromatic N) is 1. The molecule has 0 aliphatic carbocycles. The molecule has 2 N–H and O–H groups in total. The SMILES string of the molecule is COc1ccc(C2CCCN2CC(=O)Nc2ccc(NC(=O)c3cccs3)cc2)c(OC)c1. The standard InChI is InChI=1S/C25H27N3O4S/c1-31-19-11-12-20(22(15-19)32-2)21-5-3-13-28(21)16-24(29)26-17-7-9-18(10-8-17)27-25(30)23-6-4-14-33-23/h4,6-12,14-15,21H,3,5,13,16H2,1-2H3,(H,26,29)(H,27,30). The Morgan fingerprint density at radius 2 is 1.79 bits per heavy atom. The van der Waals surface area contributed by atoms with E-state index in [1.165, 1.54) is 11.3 Å². The summed E-state index contributed by atoms with van der Waals surface area (Å²) in [6, 6.07) is 16.7. The largest absolute Gasteiger partial charge is 0.497 e. The molecule has 2 aromatic carbocycles. The van der Waals surface area contributed by atoms with Gasteiger partial charge in [0.15, 0.2) is 0 Å². The van der Waals surface area contributed by atoms with Crippen molar-refractivity contribution in [3.05, 3.63) is 70.4 Å². The van der Waals surface area contributed by atoms with E-state index >= 15 is 0 Å². The molecule has 1 aliphatic rings. The fourth-order valence-corrected chi connectivity index (χ4v) is 4.70. The van der Waals surface area contributed by atoms with Gasteiger partial charge in [-0.25, -0.2) is 0 Å². The topological polar surface area (TPSA) is 79.9 Å². The molecule has 1 fully saturated rings. The van der Waals surface area contributed by atoms with Gasteiger partial charge < -0.3 is 20.1 Å². The number of thiophene rings is 1. The zero-order valence-electron chi connectivity index (χ0n) is 18.7. The Hall–Kier alpha value is -3.36. The zero-order valence-corrected chi connectivity index (χ0v) is 19.5. The second-order valence-corrected chi connectivity index (χ2v) is 8.74. The Morgan fingerprint density at radius 1 is 1.03 bits per heavy atom. The van der Waals surface area contributed by atoms with Crippen molar-refractivity contribution in [3.63, 3.8) is 0 Å². The molecule has 1 aromatic heterocycles. The van der Waals surface area contributed by atoms with Crippen molar-refractivity contribution in [3.8, 4) is 11.5 Å². The lowest BCUT2D eigenvalue weighted by atomic mass is 10.0. The summed E-state index contributed by atoms with van der Waals surface area (Å²) in [6.45, 7) is 1.14. The van der Waals surface area contributed by atoms with Gasteiger partial charge in [0.25, 0.3) is 5.91 Å². The van der Waals surface area contributed by atoms with Gasteiger partial charge in [-0.15, -0.1) is 11.3 Å². The summed E-state index contributed by atoms with van der Waals surface area (Å²) in [4.78, 5) is 27.7. The maximum absolute atomic E-state index is 12.7. The molecule has 2 heterocycles. The van der Waals surface area contributed by atoms with Crippen molar-refractivity contribution in [1.82, 2.24) is 4.90 Å². The van der Waals surface area contributed by atoms with Gasteiger partial charge >= 0.3 is 0 Å². The first-order chi connectivity index (χ1) is 16.1. The second kappa shape index (κ2) is 10.5. The molecule has 2 amide bonds. The number of likely N-dealkylation sites (tertiary alicyclic amines) is 1. The smallest absolute Gasteiger partial charge is 0.265 e. The van der Waals surface area contributed by atoms with Gasteiger partial charge in [-0.05, 0) is 61.2 Å². The molecule has 33 heavy (non-hydrogen) atoms. The lowest BCUT2D eigenvalue weighted by molar-refractivity contribution is -0.117. The van der Waals surface area contributed by atoms with Crippen LogP contribution in [0.2, 0.25) is 0 Å². The van der Waals surface area contributed by atoms with Crippen LogP contribution in [-0.4, -0.2) is 44.0 Å². The lowest BCUT2D eigenvalue weighted by Crippen LogP contribution is -2.33. The predicted molar refractivity (Wildman–Crippen MR) is 130 cm³/mol. The maximum Gasteiger partial charge on any atom is 0.265 e. The fourth-order valence-electron chi connectivity index (χ4n) is 4.08. The molecule has 0 radical (unpaired) electrons. The van der Waals surface area contributed by atoms with E-state index in [9.17, 15) is 9.59 Å². The molecule has 1 atom stereocenters. The van der Waals surface area contributed by atoms with Gasteiger partial charge in [-0.3, -0.25) is 14.5 Å². The second-order valence-electron chi connectivity index (χ2n) is 7.79. The van der Waals surface area contributed by atoms with Crippen molar-refractivity contribution < 1.29 is 19.1 Å². The van der Waals surface area contributed by atoms with Gasteiger partial charge in [0.2, 0.25) is 5.91 Å². The van der Waals surface area contributed by atoms with Crippen molar-refractivity contribution >= 4 is 34.5 Å². The van der Waals surface area contributed by atoms with Crippen LogP contribution in [-0.2, 0) is 4.79 Å². The summed E-state index contributed by atoms with van der Waals surface area (Å²) in [7, 11) is 3.28. The molecule has 1 aliphatic heterocycles. The number of anilines is 2. The third-order valence-electron chi connectivity index (χ3n) is 5.68. The Bertz CT molecular complexity index is 1100. The highest BCUT2D eigenvalue weighted by atomic mass is 32.1. The van der Waals surface area contributed by atoms with E-state index in [0.717, 1.165) is 36.4 Å². The number of hydrogen-bond donors (Lipinski definition) is 2. The summed E-state index contributed by atoms with van der Waals surface area (Å²) < 4.78 is 10.9. The van der Waals surface area contributed by atoms with Crippen LogP contribution < -0.4 is 20.1 Å². The van der Waals surface area contributed by atoms with E-state index in [1.807, 2.05) is 29.6 Å². The molecule has 3 aromatic rings. The normalized spacial score (nSPS) is 15.8. The zero-order chi connectivity index (χ0) is 23.2. The molecule has 0 spiro atoms. The van der Waals surface area contributed by atoms with Crippen LogP contribution in [0.4, 0.5) is 11.4 Å². The lowest BCUT2D eigenvalue weighted by Gasteiger charge is -2.26. The van der Waals surface area contributed by atoms with Crippen LogP contribution >= 0.6 is 11.3 Å². The third-order valence-corrected chi connectivity index (χ3v) is 6.55. The van der Waals surface area contributed by atoms with Crippen LogP contribution in [0, 0.1) is 0 Å². The summed E-state index contributed by atoms with van der Waals surface area (Å²) in [5.74, 6) is 1.29. The van der Waals surface area contributed by atoms with Gasteiger partial charge in [-0.1, -0.05) is 12.1 Å². The molecule has 1 saturated heterocycles. The van der Waals surface area contributed by atoms with Crippen LogP contribution in [0.3, 0.4) is 0 Å². The Labute approximate surface area is 197 Å². The number of nitrogens with one attached hydrogen (secondary N) is 2. The third kappa shape index (κ3) is 5.53. The highest BCUT2D eigenvalue weighted by molar-refractivity contribution is 7.12. The number of carbonyl (C=O) groups is 2. The Kier molecular flexibility index (Phi) is 7.26. The number of rotatable bonds is 8. The van der Waals surface area contributed by atoms with E-state index in [2.05, 4.69) is 15.5 Å². The maximum atomic E-state index is 12.7. The number of amides is 2. The average molecular weight is 466 g/mol. The van der Waals surface area contributed by atoms with E-state index in [1.54, 1.807) is 44.6 Å². The molecule has 0 bridgehead atoms. The van der Waals surface area contributed by atoms with Gasteiger partial charge in [0.05, 0.1) is 25.6 Å². The Balaban J connectivity index is 1.36. The van der Waals surface area contributed by atoms with Gasteiger partial charge in [0.1, 0.15) is 11.5 Å². The van der Waals surface area contributed by atoms with Gasteiger partial charge in [-0.2, -0.15) is 0 Å². The first kappa shape index (κ1) is 22.8. The molecule has 4 rings (SSSR count). The highest BCUT2D eigenvalue weighted by Gasteiger charge is 2.30. The molecule has 0 saturated carbocycles. The van der Waals surface area contributed by atoms with E-state index in [-0.39, 0.29) is 24.4 Å². The van der Waals surface area contributed by atoms with Gasteiger partial charge in [0, 0.05) is 29.0 Å². The van der Waals surface area contributed by atoms with E-state index in [0.29, 0.717) is 16.3 Å². The first-order valence-corrected chi connectivity index (χ1v) is 11.7. The summed E-state index contributed by atoms with van der Waals surface area (Å²) in [5, 5.41) is 7.67. The fraction of sp³-hybridized carbons (Fsp3) is 0.280. The summed E-state index contributed by atoms with van der Waals surface area (Å²) >= 11 is 1.39.